The quantitative estimate of drug-likeness (QED) is 0.159. The van der Waals surface area contributed by atoms with E-state index in [0.717, 1.165) is 12.8 Å². The summed E-state index contributed by atoms with van der Waals surface area (Å²) in [7, 11) is 1.53. The number of aliphatic hydroxyl groups is 1. The molecule has 1 atom stereocenters. The lowest BCUT2D eigenvalue weighted by molar-refractivity contribution is -0.140. The van der Waals surface area contributed by atoms with Crippen LogP contribution in [0, 0.1) is 0 Å². The van der Waals surface area contributed by atoms with Gasteiger partial charge in [0.2, 0.25) is 0 Å². The van der Waals surface area contributed by atoms with Crippen molar-refractivity contribution >= 4 is 17.4 Å². The molecule has 1 aromatic heterocycles. The molecule has 8 nitrogen and oxygen atoms in total. The number of hydrogen-bond acceptors (Lipinski definition) is 7. The SMILES string of the molecule is CCCCOc1ccc(C2/C(=C(\O)c3cccc(OCC)c3)C(=O)C(=O)N2Cc2ccco2)cc1OC. The number of rotatable bonds is 11. The van der Waals surface area contributed by atoms with Gasteiger partial charge < -0.3 is 28.6 Å². The maximum Gasteiger partial charge on any atom is 0.296 e. The van der Waals surface area contributed by atoms with Crippen molar-refractivity contribution in [3.05, 3.63) is 83.3 Å². The molecular formula is C29H31NO7. The monoisotopic (exact) mass is 505 g/mol. The molecule has 4 rings (SSSR count). The fourth-order valence-corrected chi connectivity index (χ4v) is 4.32. The van der Waals surface area contributed by atoms with E-state index in [1.54, 1.807) is 54.6 Å². The molecule has 0 aliphatic carbocycles. The van der Waals surface area contributed by atoms with Gasteiger partial charge in [0, 0.05) is 5.56 Å². The lowest BCUT2D eigenvalue weighted by Crippen LogP contribution is -2.29. The smallest absolute Gasteiger partial charge is 0.296 e. The molecule has 0 saturated carbocycles. The van der Waals surface area contributed by atoms with Crippen molar-refractivity contribution in [3.8, 4) is 17.2 Å². The Labute approximate surface area is 216 Å². The van der Waals surface area contributed by atoms with E-state index in [0.29, 0.717) is 47.3 Å². The Balaban J connectivity index is 1.82. The number of unbranched alkanes of at least 4 members (excludes halogenated alkanes) is 1. The predicted molar refractivity (Wildman–Crippen MR) is 138 cm³/mol. The molecule has 1 aliphatic heterocycles. The summed E-state index contributed by atoms with van der Waals surface area (Å²) in [6.45, 7) is 4.98. The van der Waals surface area contributed by atoms with Crippen molar-refractivity contribution in [2.24, 2.45) is 0 Å². The molecule has 37 heavy (non-hydrogen) atoms. The lowest BCUT2D eigenvalue weighted by Gasteiger charge is -2.25. The number of furan rings is 1. The average molecular weight is 506 g/mol. The van der Waals surface area contributed by atoms with Crippen LogP contribution >= 0.6 is 0 Å². The number of nitrogens with zero attached hydrogens (tertiary/aromatic N) is 1. The first-order chi connectivity index (χ1) is 18.0. The van der Waals surface area contributed by atoms with E-state index in [2.05, 4.69) is 6.92 Å². The van der Waals surface area contributed by atoms with Crippen LogP contribution in [0.5, 0.6) is 17.2 Å². The first kappa shape index (κ1) is 25.9. The van der Waals surface area contributed by atoms with Gasteiger partial charge in [0.15, 0.2) is 11.5 Å². The third-order valence-corrected chi connectivity index (χ3v) is 6.12. The standard InChI is InChI=1S/C29H31NO7/c1-4-6-14-37-23-13-12-19(17-24(23)34-3)26-25(27(31)20-9-7-10-21(16-20)35-5-2)28(32)29(33)30(26)18-22-11-8-15-36-22/h7-13,15-17,26,31H,4-6,14,18H2,1-3H3/b27-25+. The Morgan fingerprint density at radius 1 is 1.03 bits per heavy atom. The maximum absolute atomic E-state index is 13.3. The third-order valence-electron chi connectivity index (χ3n) is 6.12. The first-order valence-corrected chi connectivity index (χ1v) is 12.3. The number of ketones is 1. The van der Waals surface area contributed by atoms with Crippen LogP contribution in [0.3, 0.4) is 0 Å². The first-order valence-electron chi connectivity index (χ1n) is 12.3. The highest BCUT2D eigenvalue weighted by Gasteiger charge is 2.46. The van der Waals surface area contributed by atoms with Crippen molar-refractivity contribution in [1.29, 1.82) is 0 Å². The van der Waals surface area contributed by atoms with E-state index in [1.165, 1.54) is 18.3 Å². The van der Waals surface area contributed by atoms with Gasteiger partial charge in [-0.15, -0.1) is 0 Å². The molecule has 1 amide bonds. The third kappa shape index (κ3) is 5.48. The minimum atomic E-state index is -0.876. The molecule has 3 aromatic rings. The number of aliphatic hydroxyl groups excluding tert-OH is 1. The highest BCUT2D eigenvalue weighted by molar-refractivity contribution is 6.46. The molecule has 194 valence electrons. The van der Waals surface area contributed by atoms with Crippen molar-refractivity contribution < 1.29 is 33.3 Å². The minimum Gasteiger partial charge on any atom is -0.507 e. The van der Waals surface area contributed by atoms with E-state index < -0.39 is 17.7 Å². The number of amides is 1. The van der Waals surface area contributed by atoms with Crippen LogP contribution < -0.4 is 14.2 Å². The van der Waals surface area contributed by atoms with Crippen molar-refractivity contribution in [3.63, 3.8) is 0 Å². The summed E-state index contributed by atoms with van der Waals surface area (Å²) in [4.78, 5) is 28.0. The zero-order valence-electron chi connectivity index (χ0n) is 21.2. The van der Waals surface area contributed by atoms with Crippen LogP contribution in [-0.4, -0.2) is 42.0 Å². The molecule has 1 aliphatic rings. The van der Waals surface area contributed by atoms with Gasteiger partial charge >= 0.3 is 0 Å². The highest BCUT2D eigenvalue weighted by Crippen LogP contribution is 2.43. The van der Waals surface area contributed by atoms with Gasteiger partial charge in [-0.25, -0.2) is 0 Å². The van der Waals surface area contributed by atoms with Gasteiger partial charge in [-0.3, -0.25) is 9.59 Å². The molecule has 1 N–H and O–H groups in total. The second-order valence-corrected chi connectivity index (χ2v) is 8.58. The Kier molecular flexibility index (Phi) is 8.18. The number of carbonyl (C=O) groups is 2. The van der Waals surface area contributed by atoms with Gasteiger partial charge in [-0.1, -0.05) is 31.5 Å². The average Bonchev–Trinajstić information content (AvgIpc) is 3.51. The normalized spacial score (nSPS) is 16.7. The maximum atomic E-state index is 13.3. The molecule has 0 bridgehead atoms. The summed E-state index contributed by atoms with van der Waals surface area (Å²) in [5.74, 6) is 0.292. The van der Waals surface area contributed by atoms with Crippen LogP contribution in [0.4, 0.5) is 0 Å². The highest BCUT2D eigenvalue weighted by atomic mass is 16.5. The molecular weight excluding hydrogens is 474 g/mol. The van der Waals surface area contributed by atoms with Crippen LogP contribution in [0.2, 0.25) is 0 Å². The molecule has 2 heterocycles. The van der Waals surface area contributed by atoms with Gasteiger partial charge in [0.25, 0.3) is 11.7 Å². The van der Waals surface area contributed by atoms with E-state index in [1.807, 2.05) is 6.92 Å². The van der Waals surface area contributed by atoms with E-state index in [4.69, 9.17) is 18.6 Å². The van der Waals surface area contributed by atoms with Crippen LogP contribution in [0.25, 0.3) is 5.76 Å². The summed E-state index contributed by atoms with van der Waals surface area (Å²) in [5, 5.41) is 11.3. The Hall–Kier alpha value is -4.20. The number of carbonyl (C=O) groups excluding carboxylic acids is 2. The number of methoxy groups -OCH3 is 1. The molecule has 0 spiro atoms. The number of benzene rings is 2. The van der Waals surface area contributed by atoms with E-state index in [-0.39, 0.29) is 17.9 Å². The van der Waals surface area contributed by atoms with Crippen molar-refractivity contribution in [2.45, 2.75) is 39.3 Å². The second-order valence-electron chi connectivity index (χ2n) is 8.58. The summed E-state index contributed by atoms with van der Waals surface area (Å²) < 4.78 is 22.4. The lowest BCUT2D eigenvalue weighted by atomic mass is 9.95. The summed E-state index contributed by atoms with van der Waals surface area (Å²) in [5.41, 5.74) is 0.943. The minimum absolute atomic E-state index is 0.0214. The topological polar surface area (TPSA) is 98.4 Å². The van der Waals surface area contributed by atoms with Crippen LogP contribution in [0.15, 0.2) is 70.9 Å². The van der Waals surface area contributed by atoms with Crippen LogP contribution in [-0.2, 0) is 16.1 Å². The van der Waals surface area contributed by atoms with Gasteiger partial charge in [-0.2, -0.15) is 0 Å². The van der Waals surface area contributed by atoms with E-state index >= 15 is 0 Å². The number of ether oxygens (including phenoxy) is 3. The molecule has 0 radical (unpaired) electrons. The second kappa shape index (κ2) is 11.7. The van der Waals surface area contributed by atoms with Crippen molar-refractivity contribution in [1.82, 2.24) is 4.90 Å². The molecule has 1 fully saturated rings. The molecule has 2 aromatic carbocycles. The Morgan fingerprint density at radius 2 is 1.86 bits per heavy atom. The zero-order valence-corrected chi connectivity index (χ0v) is 21.2. The van der Waals surface area contributed by atoms with Gasteiger partial charge in [-0.05, 0) is 55.3 Å². The molecule has 8 heteroatoms. The largest absolute Gasteiger partial charge is 0.507 e. The molecule has 1 unspecified atom stereocenters. The van der Waals surface area contributed by atoms with E-state index in [9.17, 15) is 14.7 Å². The van der Waals surface area contributed by atoms with Crippen molar-refractivity contribution in [2.75, 3.05) is 20.3 Å². The van der Waals surface area contributed by atoms with Gasteiger partial charge in [0.1, 0.15) is 17.3 Å². The predicted octanol–water partition coefficient (Wildman–Crippen LogP) is 5.49. The molecule has 1 saturated heterocycles. The van der Waals surface area contributed by atoms with Crippen LogP contribution in [0.1, 0.15) is 49.6 Å². The Morgan fingerprint density at radius 3 is 2.57 bits per heavy atom. The summed E-state index contributed by atoms with van der Waals surface area (Å²) >= 11 is 0. The number of Topliss-reactive ketones (excluding diaryl/α,β-unsaturated/α-hetero) is 1. The summed E-state index contributed by atoms with van der Waals surface area (Å²) in [6.07, 6.45) is 3.40. The number of hydrogen-bond donors (Lipinski definition) is 1. The summed E-state index contributed by atoms with van der Waals surface area (Å²) in [6, 6.07) is 14.6. The Bertz CT molecular complexity index is 1280. The number of likely N-dealkylation sites (tertiary alicyclic amines) is 1. The fourth-order valence-electron chi connectivity index (χ4n) is 4.32. The van der Waals surface area contributed by atoms with Gasteiger partial charge in [0.05, 0.1) is 44.7 Å². The zero-order chi connectivity index (χ0) is 26.4. The fraction of sp³-hybridized carbons (Fsp3) is 0.310.